The highest BCUT2D eigenvalue weighted by Gasteiger charge is 2.08. The van der Waals surface area contributed by atoms with Gasteiger partial charge in [-0.05, 0) is 73.7 Å². The normalized spacial score (nSPS) is 10.3. The SMILES string of the molecule is COc1cccc(C(=O)Nc2ccc(SCC(=O)Nc3ccc(C(C)=O)cc3)cc2)c1. The quantitative estimate of drug-likeness (QED) is 0.390. The number of hydrogen-bond donors (Lipinski definition) is 2. The summed E-state index contributed by atoms with van der Waals surface area (Å²) < 4.78 is 5.14. The maximum absolute atomic E-state index is 12.4. The van der Waals surface area contributed by atoms with E-state index in [0.717, 1.165) is 4.90 Å². The topological polar surface area (TPSA) is 84.5 Å². The van der Waals surface area contributed by atoms with Crippen LogP contribution < -0.4 is 15.4 Å². The Kier molecular flexibility index (Phi) is 7.45. The van der Waals surface area contributed by atoms with Crippen LogP contribution in [0.2, 0.25) is 0 Å². The molecule has 0 bridgehead atoms. The van der Waals surface area contributed by atoms with Crippen molar-refractivity contribution >= 4 is 40.7 Å². The van der Waals surface area contributed by atoms with Gasteiger partial charge in [-0.15, -0.1) is 11.8 Å². The van der Waals surface area contributed by atoms with E-state index in [1.807, 2.05) is 12.1 Å². The summed E-state index contributed by atoms with van der Waals surface area (Å²) in [5.41, 5.74) is 2.41. The van der Waals surface area contributed by atoms with Crippen LogP contribution in [0.4, 0.5) is 11.4 Å². The lowest BCUT2D eigenvalue weighted by atomic mass is 10.1. The van der Waals surface area contributed by atoms with E-state index in [1.165, 1.54) is 18.7 Å². The second-order valence-corrected chi connectivity index (χ2v) is 7.73. The molecule has 0 aliphatic heterocycles. The molecule has 0 fully saturated rings. The third-order valence-electron chi connectivity index (χ3n) is 4.39. The number of carbonyl (C=O) groups is 3. The van der Waals surface area contributed by atoms with Crippen molar-refractivity contribution in [3.05, 3.63) is 83.9 Å². The Balaban J connectivity index is 1.50. The number of ether oxygens (including phenoxy) is 1. The lowest BCUT2D eigenvalue weighted by Gasteiger charge is -2.08. The maximum Gasteiger partial charge on any atom is 0.255 e. The largest absolute Gasteiger partial charge is 0.497 e. The van der Waals surface area contributed by atoms with Gasteiger partial charge in [-0.1, -0.05) is 6.07 Å². The van der Waals surface area contributed by atoms with E-state index < -0.39 is 0 Å². The predicted octanol–water partition coefficient (Wildman–Crippen LogP) is 4.88. The molecule has 6 nitrogen and oxygen atoms in total. The summed E-state index contributed by atoms with van der Waals surface area (Å²) in [5.74, 6) is 0.471. The van der Waals surface area contributed by atoms with Gasteiger partial charge in [-0.25, -0.2) is 0 Å². The smallest absolute Gasteiger partial charge is 0.255 e. The summed E-state index contributed by atoms with van der Waals surface area (Å²) in [4.78, 5) is 36.7. The molecule has 3 aromatic rings. The van der Waals surface area contributed by atoms with Crippen molar-refractivity contribution < 1.29 is 19.1 Å². The number of thioether (sulfide) groups is 1. The minimum absolute atomic E-state index is 0.0171. The summed E-state index contributed by atoms with van der Waals surface area (Å²) in [6.45, 7) is 1.50. The molecular weight excluding hydrogens is 412 g/mol. The van der Waals surface area contributed by atoms with Crippen molar-refractivity contribution in [3.8, 4) is 5.75 Å². The summed E-state index contributed by atoms with van der Waals surface area (Å²) >= 11 is 1.39. The van der Waals surface area contributed by atoms with Crippen LogP contribution in [0.15, 0.2) is 77.7 Å². The fourth-order valence-corrected chi connectivity index (χ4v) is 3.43. The number of methoxy groups -OCH3 is 1. The van der Waals surface area contributed by atoms with E-state index in [9.17, 15) is 14.4 Å². The Hall–Kier alpha value is -3.58. The van der Waals surface area contributed by atoms with Gasteiger partial charge in [0.05, 0.1) is 12.9 Å². The highest BCUT2D eigenvalue weighted by atomic mass is 32.2. The first-order valence-corrected chi connectivity index (χ1v) is 10.5. The second-order valence-electron chi connectivity index (χ2n) is 6.68. The summed E-state index contributed by atoms with van der Waals surface area (Å²) in [7, 11) is 1.55. The lowest BCUT2D eigenvalue weighted by molar-refractivity contribution is -0.113. The van der Waals surface area contributed by atoms with Gasteiger partial charge in [0.1, 0.15) is 5.75 Å². The standard InChI is InChI=1S/C24H22N2O4S/c1-16(27)17-6-8-19(9-7-17)25-23(28)15-31-22-12-10-20(11-13-22)26-24(29)18-4-3-5-21(14-18)30-2/h3-14H,15H2,1-2H3,(H,25,28)(H,26,29). The Morgan fingerprint density at radius 2 is 1.48 bits per heavy atom. The first-order chi connectivity index (χ1) is 14.9. The lowest BCUT2D eigenvalue weighted by Crippen LogP contribution is -2.14. The van der Waals surface area contributed by atoms with Crippen molar-refractivity contribution in [2.45, 2.75) is 11.8 Å². The number of anilines is 2. The molecule has 0 spiro atoms. The van der Waals surface area contributed by atoms with Gasteiger partial charge in [0.25, 0.3) is 5.91 Å². The molecule has 2 N–H and O–H groups in total. The molecular formula is C24H22N2O4S. The molecule has 0 saturated heterocycles. The molecule has 0 unspecified atom stereocenters. The van der Waals surface area contributed by atoms with E-state index in [0.29, 0.717) is 28.3 Å². The van der Waals surface area contributed by atoms with Crippen LogP contribution in [0.3, 0.4) is 0 Å². The highest BCUT2D eigenvalue weighted by Crippen LogP contribution is 2.22. The fourth-order valence-electron chi connectivity index (χ4n) is 2.74. The third-order valence-corrected chi connectivity index (χ3v) is 5.40. The van der Waals surface area contributed by atoms with E-state index >= 15 is 0 Å². The minimum Gasteiger partial charge on any atom is -0.497 e. The van der Waals surface area contributed by atoms with Gasteiger partial charge in [0.2, 0.25) is 5.91 Å². The van der Waals surface area contributed by atoms with Crippen LogP contribution >= 0.6 is 11.8 Å². The Morgan fingerprint density at radius 1 is 0.839 bits per heavy atom. The summed E-state index contributed by atoms with van der Waals surface area (Å²) in [5, 5.41) is 5.64. The van der Waals surface area contributed by atoms with Crippen molar-refractivity contribution in [1.29, 1.82) is 0 Å². The molecule has 0 heterocycles. The highest BCUT2D eigenvalue weighted by molar-refractivity contribution is 8.00. The monoisotopic (exact) mass is 434 g/mol. The van der Waals surface area contributed by atoms with Crippen LogP contribution in [0.25, 0.3) is 0 Å². The fraction of sp³-hybridized carbons (Fsp3) is 0.125. The Bertz CT molecular complexity index is 1080. The van der Waals surface area contributed by atoms with Gasteiger partial charge in [0.15, 0.2) is 5.78 Å². The van der Waals surface area contributed by atoms with Crippen LogP contribution in [0, 0.1) is 0 Å². The van der Waals surface area contributed by atoms with Gasteiger partial charge in [-0.3, -0.25) is 14.4 Å². The average Bonchev–Trinajstić information content (AvgIpc) is 2.79. The van der Waals surface area contributed by atoms with E-state index in [4.69, 9.17) is 4.74 Å². The number of amides is 2. The zero-order chi connectivity index (χ0) is 22.2. The van der Waals surface area contributed by atoms with Gasteiger partial charge < -0.3 is 15.4 Å². The van der Waals surface area contributed by atoms with Crippen LogP contribution in [-0.2, 0) is 4.79 Å². The second kappa shape index (κ2) is 10.4. The van der Waals surface area contributed by atoms with E-state index in [1.54, 1.807) is 67.8 Å². The van der Waals surface area contributed by atoms with E-state index in [-0.39, 0.29) is 23.4 Å². The molecule has 0 aliphatic rings. The Labute approximate surface area is 185 Å². The number of nitrogens with one attached hydrogen (secondary N) is 2. The zero-order valence-electron chi connectivity index (χ0n) is 17.2. The van der Waals surface area contributed by atoms with Crippen LogP contribution in [0.5, 0.6) is 5.75 Å². The molecule has 0 aromatic heterocycles. The molecule has 3 aromatic carbocycles. The molecule has 0 radical (unpaired) electrons. The molecule has 0 saturated carbocycles. The molecule has 2 amide bonds. The van der Waals surface area contributed by atoms with Gasteiger partial charge in [0, 0.05) is 27.4 Å². The van der Waals surface area contributed by atoms with Crippen molar-refractivity contribution in [2.75, 3.05) is 23.5 Å². The van der Waals surface area contributed by atoms with Crippen LogP contribution in [0.1, 0.15) is 27.6 Å². The molecule has 3 rings (SSSR count). The average molecular weight is 435 g/mol. The number of hydrogen-bond acceptors (Lipinski definition) is 5. The summed E-state index contributed by atoms with van der Waals surface area (Å²) in [6, 6.07) is 21.0. The Morgan fingerprint density at radius 3 is 2.13 bits per heavy atom. The number of ketones is 1. The predicted molar refractivity (Wildman–Crippen MR) is 123 cm³/mol. The van der Waals surface area contributed by atoms with Crippen molar-refractivity contribution in [3.63, 3.8) is 0 Å². The molecule has 31 heavy (non-hydrogen) atoms. The van der Waals surface area contributed by atoms with E-state index in [2.05, 4.69) is 10.6 Å². The maximum atomic E-state index is 12.4. The molecule has 7 heteroatoms. The first kappa shape index (κ1) is 22.1. The first-order valence-electron chi connectivity index (χ1n) is 9.54. The van der Waals surface area contributed by atoms with Gasteiger partial charge >= 0.3 is 0 Å². The number of rotatable bonds is 8. The molecule has 0 aliphatic carbocycles. The molecule has 158 valence electrons. The summed E-state index contributed by atoms with van der Waals surface area (Å²) in [6.07, 6.45) is 0. The zero-order valence-corrected chi connectivity index (χ0v) is 18.0. The third kappa shape index (κ3) is 6.45. The van der Waals surface area contributed by atoms with Crippen molar-refractivity contribution in [2.24, 2.45) is 0 Å². The molecule has 0 atom stereocenters. The number of carbonyl (C=O) groups excluding carboxylic acids is 3. The van der Waals surface area contributed by atoms with Crippen LogP contribution in [-0.4, -0.2) is 30.5 Å². The number of benzene rings is 3. The minimum atomic E-state index is -0.227. The van der Waals surface area contributed by atoms with Crippen molar-refractivity contribution in [1.82, 2.24) is 0 Å². The van der Waals surface area contributed by atoms with Gasteiger partial charge in [-0.2, -0.15) is 0 Å². The number of Topliss-reactive ketones (excluding diaryl/α,β-unsaturated/α-hetero) is 1.